The standard InChI is InChI=1S/C54H39NOS/c1-53(2)45-28-25-34(30-43(45)50-46(53)29-27-42-40-14-7-10-19-49(40)57-52(42)50)55(35-24-26-38-37-12-5-8-17-44(37)54(3,4)47(38)31-35)33-22-20-32(21-23-33)36-15-11-16-41-39-13-6-9-18-48(39)56-51(36)41/h5-31H,1-4H3. The molecule has 2 aliphatic rings. The molecule has 2 aromatic heterocycles. The van der Waals surface area contributed by atoms with E-state index in [9.17, 15) is 0 Å². The number of thiophene rings is 1. The van der Waals surface area contributed by atoms with Crippen molar-refractivity contribution in [2.45, 2.75) is 38.5 Å². The normalized spacial score (nSPS) is 14.6. The molecule has 8 aromatic carbocycles. The van der Waals surface area contributed by atoms with E-state index in [4.69, 9.17) is 4.42 Å². The van der Waals surface area contributed by atoms with Crippen molar-refractivity contribution in [2.75, 3.05) is 4.90 Å². The quantitative estimate of drug-likeness (QED) is 0.178. The number of para-hydroxylation sites is 2. The molecule has 0 bridgehead atoms. The topological polar surface area (TPSA) is 16.4 Å². The number of hydrogen-bond donors (Lipinski definition) is 0. The van der Waals surface area contributed by atoms with Gasteiger partial charge in [0, 0.05) is 70.0 Å². The first-order valence-electron chi connectivity index (χ1n) is 19.9. The van der Waals surface area contributed by atoms with Crippen LogP contribution < -0.4 is 4.90 Å². The van der Waals surface area contributed by atoms with Gasteiger partial charge in [0.1, 0.15) is 11.2 Å². The van der Waals surface area contributed by atoms with Crippen molar-refractivity contribution in [3.8, 4) is 33.4 Å². The zero-order chi connectivity index (χ0) is 38.2. The second-order valence-electron chi connectivity index (χ2n) is 16.9. The van der Waals surface area contributed by atoms with E-state index < -0.39 is 0 Å². The summed E-state index contributed by atoms with van der Waals surface area (Å²) >= 11 is 1.93. The second-order valence-corrected chi connectivity index (χ2v) is 17.9. The van der Waals surface area contributed by atoms with Gasteiger partial charge in [-0.05, 0) is 93.0 Å². The molecular formula is C54H39NOS. The number of hydrogen-bond acceptors (Lipinski definition) is 3. The summed E-state index contributed by atoms with van der Waals surface area (Å²) in [7, 11) is 0. The largest absolute Gasteiger partial charge is 0.455 e. The molecule has 0 N–H and O–H groups in total. The Morgan fingerprint density at radius 1 is 0.439 bits per heavy atom. The molecule has 0 spiro atoms. The lowest BCUT2D eigenvalue weighted by Crippen LogP contribution is -2.17. The van der Waals surface area contributed by atoms with Crippen LogP contribution in [0.1, 0.15) is 49.9 Å². The van der Waals surface area contributed by atoms with Crippen LogP contribution in [0.15, 0.2) is 168 Å². The molecule has 0 atom stereocenters. The van der Waals surface area contributed by atoms with Crippen LogP contribution in [0.25, 0.3) is 75.5 Å². The van der Waals surface area contributed by atoms with Crippen LogP contribution in [0.5, 0.6) is 0 Å². The van der Waals surface area contributed by atoms with E-state index in [1.54, 1.807) is 0 Å². The fraction of sp³-hybridized carbons (Fsp3) is 0.111. The molecule has 0 fully saturated rings. The highest BCUT2D eigenvalue weighted by Gasteiger charge is 2.39. The Morgan fingerprint density at radius 2 is 1.07 bits per heavy atom. The molecule has 0 saturated carbocycles. The van der Waals surface area contributed by atoms with Crippen molar-refractivity contribution in [3.05, 3.63) is 186 Å². The smallest absolute Gasteiger partial charge is 0.143 e. The Balaban J connectivity index is 1.05. The molecule has 2 nitrogen and oxygen atoms in total. The highest BCUT2D eigenvalue weighted by Crippen LogP contribution is 2.56. The molecule has 0 aliphatic heterocycles. The van der Waals surface area contributed by atoms with E-state index in [-0.39, 0.29) is 10.8 Å². The number of rotatable bonds is 4. The fourth-order valence-corrected chi connectivity index (χ4v) is 11.5. The summed E-state index contributed by atoms with van der Waals surface area (Å²) in [6, 6.07) is 60.6. The molecule has 0 unspecified atom stereocenters. The van der Waals surface area contributed by atoms with Gasteiger partial charge < -0.3 is 9.32 Å². The summed E-state index contributed by atoms with van der Waals surface area (Å²) in [5.41, 5.74) is 18.2. The Morgan fingerprint density at radius 3 is 1.95 bits per heavy atom. The first kappa shape index (κ1) is 32.8. The average Bonchev–Trinajstić information content (AvgIpc) is 3.94. The molecule has 0 radical (unpaired) electrons. The highest BCUT2D eigenvalue weighted by atomic mass is 32.1. The van der Waals surface area contributed by atoms with E-state index in [1.807, 2.05) is 17.4 Å². The Labute approximate surface area is 336 Å². The Kier molecular flexibility index (Phi) is 6.65. The van der Waals surface area contributed by atoms with Crippen molar-refractivity contribution in [3.63, 3.8) is 0 Å². The zero-order valence-corrected chi connectivity index (χ0v) is 33.2. The fourth-order valence-electron chi connectivity index (χ4n) is 10.2. The minimum absolute atomic E-state index is 0.110. The lowest BCUT2D eigenvalue weighted by atomic mass is 9.82. The number of benzene rings is 8. The van der Waals surface area contributed by atoms with E-state index in [0.29, 0.717) is 0 Å². The monoisotopic (exact) mass is 749 g/mol. The lowest BCUT2D eigenvalue weighted by Gasteiger charge is -2.29. The Hall–Kier alpha value is -6.42. The first-order valence-corrected chi connectivity index (χ1v) is 20.7. The predicted octanol–water partition coefficient (Wildman–Crippen LogP) is 15.7. The van der Waals surface area contributed by atoms with E-state index >= 15 is 0 Å². The SMILES string of the molecule is CC1(C)c2ccccc2-c2ccc(N(c3ccc(-c4cccc5c4oc4ccccc45)cc3)c3ccc4c(c3)-c3c(ccc5c3sc3ccccc35)C4(C)C)cc21. The molecule has 2 heterocycles. The van der Waals surface area contributed by atoms with Crippen molar-refractivity contribution in [1.29, 1.82) is 0 Å². The number of nitrogens with zero attached hydrogens (tertiary/aromatic N) is 1. The highest BCUT2D eigenvalue weighted by molar-refractivity contribution is 7.26. The maximum absolute atomic E-state index is 6.47. The zero-order valence-electron chi connectivity index (χ0n) is 32.4. The van der Waals surface area contributed by atoms with Crippen LogP contribution in [0.3, 0.4) is 0 Å². The summed E-state index contributed by atoms with van der Waals surface area (Å²) in [6.07, 6.45) is 0. The van der Waals surface area contributed by atoms with Gasteiger partial charge in [0.2, 0.25) is 0 Å². The van der Waals surface area contributed by atoms with Crippen LogP contribution in [0.2, 0.25) is 0 Å². The summed E-state index contributed by atoms with van der Waals surface area (Å²) in [5, 5.41) is 4.97. The molecule has 12 rings (SSSR count). The van der Waals surface area contributed by atoms with Crippen LogP contribution in [-0.4, -0.2) is 0 Å². The van der Waals surface area contributed by atoms with Crippen molar-refractivity contribution in [2.24, 2.45) is 0 Å². The molecule has 10 aromatic rings. The summed E-state index contributed by atoms with van der Waals surface area (Å²) < 4.78 is 9.19. The van der Waals surface area contributed by atoms with Crippen molar-refractivity contribution < 1.29 is 4.42 Å². The molecule has 0 amide bonds. The van der Waals surface area contributed by atoms with Gasteiger partial charge in [-0.25, -0.2) is 0 Å². The maximum Gasteiger partial charge on any atom is 0.143 e. The summed E-state index contributed by atoms with van der Waals surface area (Å²) in [6.45, 7) is 9.50. The minimum Gasteiger partial charge on any atom is -0.455 e. The minimum atomic E-state index is -0.115. The number of fused-ring (bicyclic) bond motifs is 13. The summed E-state index contributed by atoms with van der Waals surface area (Å²) in [5.74, 6) is 0. The van der Waals surface area contributed by atoms with E-state index in [1.165, 1.54) is 64.7 Å². The Bertz CT molecular complexity index is 3300. The van der Waals surface area contributed by atoms with E-state index in [0.717, 1.165) is 50.1 Å². The molecule has 2 aliphatic carbocycles. The predicted molar refractivity (Wildman–Crippen MR) is 242 cm³/mol. The van der Waals surface area contributed by atoms with Gasteiger partial charge in [-0.15, -0.1) is 11.3 Å². The third-order valence-electron chi connectivity index (χ3n) is 13.1. The van der Waals surface area contributed by atoms with Crippen LogP contribution in [0.4, 0.5) is 17.1 Å². The second kappa shape index (κ2) is 11.6. The van der Waals surface area contributed by atoms with Gasteiger partial charge in [0.15, 0.2) is 0 Å². The van der Waals surface area contributed by atoms with E-state index in [2.05, 4.69) is 190 Å². The number of anilines is 3. The molecule has 0 saturated heterocycles. The van der Waals surface area contributed by atoms with Crippen molar-refractivity contribution >= 4 is 70.5 Å². The first-order chi connectivity index (χ1) is 27.8. The average molecular weight is 750 g/mol. The van der Waals surface area contributed by atoms with Gasteiger partial charge in [-0.2, -0.15) is 0 Å². The van der Waals surface area contributed by atoms with Gasteiger partial charge in [-0.1, -0.05) is 143 Å². The molecule has 57 heavy (non-hydrogen) atoms. The van der Waals surface area contributed by atoms with Gasteiger partial charge in [0.25, 0.3) is 0 Å². The van der Waals surface area contributed by atoms with Crippen LogP contribution >= 0.6 is 11.3 Å². The molecule has 3 heteroatoms. The third-order valence-corrected chi connectivity index (χ3v) is 14.3. The maximum atomic E-state index is 6.47. The summed E-state index contributed by atoms with van der Waals surface area (Å²) in [4.78, 5) is 2.46. The van der Waals surface area contributed by atoms with Gasteiger partial charge in [0.05, 0.1) is 0 Å². The van der Waals surface area contributed by atoms with Gasteiger partial charge in [-0.3, -0.25) is 0 Å². The van der Waals surface area contributed by atoms with Crippen LogP contribution in [-0.2, 0) is 10.8 Å². The number of furan rings is 1. The molecular weight excluding hydrogens is 711 g/mol. The van der Waals surface area contributed by atoms with Gasteiger partial charge >= 0.3 is 0 Å². The van der Waals surface area contributed by atoms with Crippen LogP contribution in [0, 0.1) is 0 Å². The third kappa shape index (κ3) is 4.52. The lowest BCUT2D eigenvalue weighted by molar-refractivity contribution is 0.660. The van der Waals surface area contributed by atoms with Crippen molar-refractivity contribution in [1.82, 2.24) is 0 Å². The molecule has 272 valence electrons.